The van der Waals surface area contributed by atoms with Crippen LogP contribution < -0.4 is 0 Å². The fraction of sp³-hybridized carbons (Fsp3) is 0.412. The van der Waals surface area contributed by atoms with Gasteiger partial charge in [0.05, 0.1) is 18.8 Å². The second kappa shape index (κ2) is 7.09. The van der Waals surface area contributed by atoms with Crippen molar-refractivity contribution in [1.82, 2.24) is 14.7 Å². The highest BCUT2D eigenvalue weighted by Crippen LogP contribution is 2.27. The predicted molar refractivity (Wildman–Crippen MR) is 83.9 cm³/mol. The molecule has 1 saturated heterocycles. The third kappa shape index (κ3) is 3.46. The van der Waals surface area contributed by atoms with Gasteiger partial charge in [-0.1, -0.05) is 30.3 Å². The van der Waals surface area contributed by atoms with E-state index in [-0.39, 0.29) is 23.7 Å². The number of morpholine rings is 1. The summed E-state index contributed by atoms with van der Waals surface area (Å²) in [4.78, 5) is 14.6. The number of nitrogens with zero attached hydrogens (tertiary/aromatic N) is 3. The number of aromatic nitrogens is 2. The van der Waals surface area contributed by atoms with E-state index < -0.39 is 13.0 Å². The summed E-state index contributed by atoms with van der Waals surface area (Å²) in [7, 11) is 0. The molecule has 0 radical (unpaired) electrons. The Bertz CT molecular complexity index is 690. The average molecular weight is 335 g/mol. The molecule has 0 saturated carbocycles. The van der Waals surface area contributed by atoms with Crippen molar-refractivity contribution in [2.45, 2.75) is 32.0 Å². The normalized spacial score (nSPS) is 21.2. The molecule has 1 amide bonds. The molecular formula is C17H19F2N3O2. The SMILES string of the molecule is C[C@H]1CN(C(=O)c2ccnn2CC(F)F)[C@H](c2ccccc2)CO1. The molecule has 2 heterocycles. The van der Waals surface area contributed by atoms with E-state index in [1.54, 1.807) is 4.90 Å². The Morgan fingerprint density at radius 3 is 2.79 bits per heavy atom. The number of hydrogen-bond acceptors (Lipinski definition) is 3. The zero-order valence-electron chi connectivity index (χ0n) is 13.3. The number of alkyl halides is 2. The summed E-state index contributed by atoms with van der Waals surface area (Å²) in [6.45, 7) is 2.07. The van der Waals surface area contributed by atoms with Gasteiger partial charge in [0.2, 0.25) is 0 Å². The molecule has 2 aromatic rings. The minimum atomic E-state index is -2.56. The van der Waals surface area contributed by atoms with Crippen molar-refractivity contribution in [1.29, 1.82) is 0 Å². The lowest BCUT2D eigenvalue weighted by Crippen LogP contribution is -2.47. The number of halogens is 2. The van der Waals surface area contributed by atoms with Crippen molar-refractivity contribution in [2.75, 3.05) is 13.2 Å². The van der Waals surface area contributed by atoms with Gasteiger partial charge in [0.1, 0.15) is 12.2 Å². The summed E-state index contributed by atoms with van der Waals surface area (Å²) in [5, 5.41) is 3.85. The number of rotatable bonds is 4. The fourth-order valence-corrected chi connectivity index (χ4v) is 2.92. The first-order valence-corrected chi connectivity index (χ1v) is 7.83. The summed E-state index contributed by atoms with van der Waals surface area (Å²) in [6, 6.07) is 10.8. The van der Waals surface area contributed by atoms with E-state index in [1.165, 1.54) is 12.3 Å². The van der Waals surface area contributed by atoms with Crippen LogP contribution in [0.2, 0.25) is 0 Å². The molecule has 128 valence electrons. The number of carbonyl (C=O) groups excluding carboxylic acids is 1. The summed E-state index contributed by atoms with van der Waals surface area (Å²) >= 11 is 0. The number of hydrogen-bond donors (Lipinski definition) is 0. The lowest BCUT2D eigenvalue weighted by Gasteiger charge is -2.39. The third-order valence-corrected chi connectivity index (χ3v) is 4.06. The largest absolute Gasteiger partial charge is 0.374 e. The van der Waals surface area contributed by atoms with Crippen molar-refractivity contribution < 1.29 is 18.3 Å². The predicted octanol–water partition coefficient (Wildman–Crippen LogP) is 2.75. The van der Waals surface area contributed by atoms with Crippen LogP contribution in [0, 0.1) is 0 Å². The van der Waals surface area contributed by atoms with Crippen LogP contribution in [0.3, 0.4) is 0 Å². The lowest BCUT2D eigenvalue weighted by molar-refractivity contribution is -0.0452. The topological polar surface area (TPSA) is 47.4 Å². The van der Waals surface area contributed by atoms with Gasteiger partial charge in [-0.2, -0.15) is 5.10 Å². The van der Waals surface area contributed by atoms with Crippen molar-refractivity contribution in [2.24, 2.45) is 0 Å². The molecule has 1 aliphatic rings. The highest BCUT2D eigenvalue weighted by atomic mass is 19.3. The van der Waals surface area contributed by atoms with E-state index in [0.29, 0.717) is 13.2 Å². The van der Waals surface area contributed by atoms with E-state index in [0.717, 1.165) is 10.2 Å². The van der Waals surface area contributed by atoms with E-state index in [9.17, 15) is 13.6 Å². The monoisotopic (exact) mass is 335 g/mol. The van der Waals surface area contributed by atoms with Crippen LogP contribution in [0.15, 0.2) is 42.6 Å². The third-order valence-electron chi connectivity index (χ3n) is 4.06. The van der Waals surface area contributed by atoms with Gasteiger partial charge in [-0.05, 0) is 18.6 Å². The molecule has 0 bridgehead atoms. The van der Waals surface area contributed by atoms with Gasteiger partial charge in [-0.3, -0.25) is 9.48 Å². The van der Waals surface area contributed by atoms with Gasteiger partial charge in [-0.15, -0.1) is 0 Å². The zero-order chi connectivity index (χ0) is 17.1. The first-order chi connectivity index (χ1) is 11.6. The maximum atomic E-state index is 13.0. The van der Waals surface area contributed by atoms with Crippen LogP contribution in [0.4, 0.5) is 8.78 Å². The van der Waals surface area contributed by atoms with Gasteiger partial charge in [0.25, 0.3) is 12.3 Å². The van der Waals surface area contributed by atoms with E-state index in [4.69, 9.17) is 4.74 Å². The van der Waals surface area contributed by atoms with Crippen molar-refractivity contribution >= 4 is 5.91 Å². The van der Waals surface area contributed by atoms with E-state index in [1.807, 2.05) is 37.3 Å². The number of ether oxygens (including phenoxy) is 1. The van der Waals surface area contributed by atoms with Crippen LogP contribution >= 0.6 is 0 Å². The van der Waals surface area contributed by atoms with E-state index in [2.05, 4.69) is 5.10 Å². The summed E-state index contributed by atoms with van der Waals surface area (Å²) in [5.74, 6) is -0.308. The van der Waals surface area contributed by atoms with Crippen LogP contribution in [0.25, 0.3) is 0 Å². The minimum Gasteiger partial charge on any atom is -0.374 e. The van der Waals surface area contributed by atoms with Crippen molar-refractivity contribution in [3.63, 3.8) is 0 Å². The van der Waals surface area contributed by atoms with Gasteiger partial charge < -0.3 is 9.64 Å². The Balaban J connectivity index is 1.89. The number of amides is 1. The smallest absolute Gasteiger partial charge is 0.272 e. The Morgan fingerprint density at radius 2 is 2.08 bits per heavy atom. The molecule has 1 aliphatic heterocycles. The second-order valence-corrected chi connectivity index (χ2v) is 5.82. The molecule has 2 atom stereocenters. The first kappa shape index (κ1) is 16.6. The van der Waals surface area contributed by atoms with Crippen LogP contribution in [-0.4, -0.2) is 46.3 Å². The standard InChI is InChI=1S/C17H19F2N3O2/c1-12-9-21(15(11-24-12)13-5-3-2-4-6-13)17(23)14-7-8-20-22(14)10-16(18)19/h2-8,12,15-16H,9-11H2,1H3/t12-,15-/m0/s1. The quantitative estimate of drug-likeness (QED) is 0.863. The maximum Gasteiger partial charge on any atom is 0.272 e. The van der Waals surface area contributed by atoms with Crippen molar-refractivity contribution in [3.05, 3.63) is 53.9 Å². The van der Waals surface area contributed by atoms with Gasteiger partial charge in [0.15, 0.2) is 0 Å². The Hall–Kier alpha value is -2.28. The number of benzene rings is 1. The highest BCUT2D eigenvalue weighted by Gasteiger charge is 2.33. The number of carbonyl (C=O) groups is 1. The molecule has 0 unspecified atom stereocenters. The molecule has 3 rings (SSSR count). The molecule has 1 fully saturated rings. The summed E-state index contributed by atoms with van der Waals surface area (Å²) in [5.41, 5.74) is 1.13. The molecule has 24 heavy (non-hydrogen) atoms. The lowest BCUT2D eigenvalue weighted by atomic mass is 10.0. The van der Waals surface area contributed by atoms with Gasteiger partial charge in [0, 0.05) is 12.7 Å². The zero-order valence-corrected chi connectivity index (χ0v) is 13.3. The van der Waals surface area contributed by atoms with Crippen molar-refractivity contribution in [3.8, 4) is 0 Å². The Kier molecular flexibility index (Phi) is 4.89. The molecular weight excluding hydrogens is 316 g/mol. The van der Waals surface area contributed by atoms with Gasteiger partial charge in [-0.25, -0.2) is 8.78 Å². The van der Waals surface area contributed by atoms with E-state index >= 15 is 0 Å². The minimum absolute atomic E-state index is 0.111. The molecule has 0 N–H and O–H groups in total. The fourth-order valence-electron chi connectivity index (χ4n) is 2.92. The Morgan fingerprint density at radius 1 is 1.33 bits per heavy atom. The molecule has 7 heteroatoms. The molecule has 1 aromatic heterocycles. The average Bonchev–Trinajstić information content (AvgIpc) is 3.02. The molecule has 0 aliphatic carbocycles. The maximum absolute atomic E-state index is 13.0. The second-order valence-electron chi connectivity index (χ2n) is 5.82. The first-order valence-electron chi connectivity index (χ1n) is 7.83. The van der Waals surface area contributed by atoms with Crippen LogP contribution in [0.5, 0.6) is 0 Å². The van der Waals surface area contributed by atoms with Crippen LogP contribution in [-0.2, 0) is 11.3 Å². The molecule has 1 aromatic carbocycles. The van der Waals surface area contributed by atoms with Crippen LogP contribution in [0.1, 0.15) is 29.0 Å². The molecule has 5 nitrogen and oxygen atoms in total. The highest BCUT2D eigenvalue weighted by molar-refractivity contribution is 5.93. The molecule has 0 spiro atoms. The Labute approximate surface area is 138 Å². The summed E-state index contributed by atoms with van der Waals surface area (Å²) < 4.78 is 32.1. The summed E-state index contributed by atoms with van der Waals surface area (Å²) in [6.07, 6.45) is -1.30. The van der Waals surface area contributed by atoms with Gasteiger partial charge >= 0.3 is 0 Å².